The van der Waals surface area contributed by atoms with Gasteiger partial charge in [0.2, 0.25) is 11.7 Å². The van der Waals surface area contributed by atoms with E-state index in [4.69, 9.17) is 24.2 Å². The number of aliphatic hydroxyl groups excluding tert-OH is 2. The van der Waals surface area contributed by atoms with Gasteiger partial charge in [-0.2, -0.15) is 0 Å². The number of carbonyl (C=O) groups is 1. The number of nitro groups is 1. The number of oxime groups is 1. The first-order chi connectivity index (χ1) is 31.3. The molecule has 1 amide bonds. The number of likely N-dealkylation sites (N-methyl/N-ethyl adjacent to an activating group) is 1. The lowest BCUT2D eigenvalue weighted by molar-refractivity contribution is -0.384. The fourth-order valence-corrected chi connectivity index (χ4v) is 9.61. The fourth-order valence-electron chi connectivity index (χ4n) is 9.61. The standard InChI is InChI=1S/C53H61N3O9/c1-6-32-62-53-48(55(5)49(59)29-20-36-18-23-40(24-19-36)56(60)61)35-46(54-65-52(2,3)4)44-33-39(16-10-12-30-57)43(17-11-13-31-58)50(51(44)53)45-34-42(27-28-47(45)64-53)63-41-25-21-38(22-26-41)37-14-8-7-9-15-37/h6-9,14-15,18-29,33-34,39,43,48,50-51,57-58H,1,10-13,16-17,30-32,35H2,2-5H3. The molecule has 1 heterocycles. The highest BCUT2D eigenvalue weighted by molar-refractivity contribution is 6.03. The van der Waals surface area contributed by atoms with Crippen LogP contribution in [0, 0.1) is 27.9 Å². The smallest absolute Gasteiger partial charge is 0.269 e. The van der Waals surface area contributed by atoms with Gasteiger partial charge >= 0.3 is 0 Å². The maximum absolute atomic E-state index is 14.4. The van der Waals surface area contributed by atoms with Crippen molar-refractivity contribution < 1.29 is 39.0 Å². The molecule has 12 nitrogen and oxygen atoms in total. The van der Waals surface area contributed by atoms with Gasteiger partial charge in [-0.25, -0.2) is 0 Å². The van der Waals surface area contributed by atoms with E-state index in [9.17, 15) is 25.1 Å². The molecule has 342 valence electrons. The highest BCUT2D eigenvalue weighted by Gasteiger charge is 2.65. The quantitative estimate of drug-likeness (QED) is 0.0308. The number of ether oxygens (including phenoxy) is 3. The zero-order chi connectivity index (χ0) is 46.1. The van der Waals surface area contributed by atoms with Crippen molar-refractivity contribution in [1.82, 2.24) is 4.90 Å². The average Bonchev–Trinajstić information content (AvgIpc) is 3.30. The van der Waals surface area contributed by atoms with Gasteiger partial charge in [-0.1, -0.05) is 72.6 Å². The summed E-state index contributed by atoms with van der Waals surface area (Å²) in [6.07, 6.45) is 11.9. The second kappa shape index (κ2) is 20.8. The van der Waals surface area contributed by atoms with Crippen LogP contribution in [-0.2, 0) is 14.4 Å². The lowest BCUT2D eigenvalue weighted by atomic mass is 9.55. The number of carbonyl (C=O) groups excluding carboxylic acids is 1. The van der Waals surface area contributed by atoms with Crippen molar-refractivity contribution in [2.75, 3.05) is 26.9 Å². The molecule has 6 atom stereocenters. The monoisotopic (exact) mass is 883 g/mol. The first-order valence-corrected chi connectivity index (χ1v) is 22.6. The first-order valence-electron chi connectivity index (χ1n) is 22.6. The van der Waals surface area contributed by atoms with Crippen molar-refractivity contribution in [3.8, 4) is 28.4 Å². The number of allylic oxidation sites excluding steroid dienone is 1. The Hall–Kier alpha value is -6.08. The molecule has 6 unspecified atom stereocenters. The number of rotatable bonds is 19. The maximum Gasteiger partial charge on any atom is 0.269 e. The van der Waals surface area contributed by atoms with Crippen molar-refractivity contribution in [3.05, 3.63) is 149 Å². The molecule has 0 bridgehead atoms. The molecule has 2 aliphatic carbocycles. The van der Waals surface area contributed by atoms with Crippen LogP contribution in [0.3, 0.4) is 0 Å². The molecule has 12 heteroatoms. The van der Waals surface area contributed by atoms with Gasteiger partial charge < -0.3 is 34.2 Å². The molecular formula is C53H61N3O9. The Bertz CT molecular complexity index is 2370. The van der Waals surface area contributed by atoms with E-state index >= 15 is 0 Å². The summed E-state index contributed by atoms with van der Waals surface area (Å²) in [6, 6.07) is 29.4. The first kappa shape index (κ1) is 46.9. The normalized spacial score (nSPS) is 22.9. The van der Waals surface area contributed by atoms with E-state index in [1.807, 2.05) is 75.4 Å². The van der Waals surface area contributed by atoms with Gasteiger partial charge in [-0.3, -0.25) is 14.9 Å². The lowest BCUT2D eigenvalue weighted by Gasteiger charge is -2.59. The van der Waals surface area contributed by atoms with Crippen LogP contribution in [0.5, 0.6) is 17.2 Å². The van der Waals surface area contributed by atoms with Crippen LogP contribution in [0.15, 0.2) is 133 Å². The van der Waals surface area contributed by atoms with E-state index in [0.717, 1.165) is 47.9 Å². The molecule has 0 radical (unpaired) electrons. The number of non-ortho nitro benzene ring substituents is 1. The molecular weight excluding hydrogens is 823 g/mol. The van der Waals surface area contributed by atoms with Crippen molar-refractivity contribution in [2.24, 2.45) is 22.9 Å². The second-order valence-electron chi connectivity index (χ2n) is 18.1. The number of nitrogens with zero attached hydrogens (tertiary/aromatic N) is 3. The third kappa shape index (κ3) is 10.7. The minimum absolute atomic E-state index is 0.0373. The van der Waals surface area contributed by atoms with E-state index in [1.165, 1.54) is 18.2 Å². The van der Waals surface area contributed by atoms with Gasteiger partial charge in [0, 0.05) is 56.4 Å². The zero-order valence-electron chi connectivity index (χ0n) is 37.8. The van der Waals surface area contributed by atoms with Crippen LogP contribution in [0.4, 0.5) is 5.69 Å². The maximum atomic E-state index is 14.4. The Morgan fingerprint density at radius 1 is 0.938 bits per heavy atom. The summed E-state index contributed by atoms with van der Waals surface area (Å²) < 4.78 is 20.9. The van der Waals surface area contributed by atoms with E-state index in [-0.39, 0.29) is 55.6 Å². The third-order valence-corrected chi connectivity index (χ3v) is 12.6. The van der Waals surface area contributed by atoms with Crippen molar-refractivity contribution in [3.63, 3.8) is 0 Å². The minimum Gasteiger partial charge on any atom is -0.459 e. The Morgan fingerprint density at radius 3 is 2.28 bits per heavy atom. The van der Waals surface area contributed by atoms with Gasteiger partial charge in [0.05, 0.1) is 23.2 Å². The summed E-state index contributed by atoms with van der Waals surface area (Å²) in [5.41, 5.74) is 4.73. The SMILES string of the molecule is C=CCOC12Oc3ccc(Oc4ccc(-c5ccccc5)cc4)cc3C3C(CCCCO)C(CCCCO)C=C(C(=NOC(C)(C)C)CC1N(C)C(=O)C=Cc1ccc([N+](=O)[O-])cc1)C32. The number of hydrogen-bond acceptors (Lipinski definition) is 10. The molecule has 1 aliphatic heterocycles. The number of nitro benzene ring substituents is 1. The van der Waals surface area contributed by atoms with E-state index in [1.54, 1.807) is 36.2 Å². The van der Waals surface area contributed by atoms with Gasteiger partial charge in [0.1, 0.15) is 28.9 Å². The summed E-state index contributed by atoms with van der Waals surface area (Å²) in [7, 11) is 1.73. The van der Waals surface area contributed by atoms with Crippen LogP contribution in [0.1, 0.15) is 82.8 Å². The predicted molar refractivity (Wildman–Crippen MR) is 253 cm³/mol. The molecule has 7 rings (SSSR count). The van der Waals surface area contributed by atoms with Gasteiger partial charge in [0.15, 0.2) is 0 Å². The molecule has 0 saturated heterocycles. The van der Waals surface area contributed by atoms with Crippen LogP contribution in [0.25, 0.3) is 17.2 Å². The second-order valence-corrected chi connectivity index (χ2v) is 18.1. The van der Waals surface area contributed by atoms with E-state index in [2.05, 4.69) is 30.9 Å². The topological polar surface area (TPSA) is 153 Å². The van der Waals surface area contributed by atoms with E-state index in [0.29, 0.717) is 41.4 Å². The number of aliphatic hydroxyl groups is 2. The van der Waals surface area contributed by atoms with Crippen LogP contribution < -0.4 is 9.47 Å². The molecule has 1 fully saturated rings. The summed E-state index contributed by atoms with van der Waals surface area (Å²) in [5.74, 6) is -0.431. The largest absolute Gasteiger partial charge is 0.459 e. The molecule has 0 spiro atoms. The number of fused-ring (bicyclic) bond motifs is 2. The highest BCUT2D eigenvalue weighted by Crippen LogP contribution is 2.62. The Labute approximate surface area is 382 Å². The van der Waals surface area contributed by atoms with Crippen LogP contribution in [0.2, 0.25) is 0 Å². The Kier molecular flexibility index (Phi) is 15.0. The van der Waals surface area contributed by atoms with Crippen LogP contribution in [-0.4, -0.2) is 76.0 Å². The van der Waals surface area contributed by atoms with Crippen molar-refractivity contribution >= 4 is 23.4 Å². The Morgan fingerprint density at radius 2 is 1.62 bits per heavy atom. The molecule has 0 aromatic heterocycles. The summed E-state index contributed by atoms with van der Waals surface area (Å²) in [6.45, 7) is 10.1. The fraction of sp³-hybridized carbons (Fsp3) is 0.396. The average molecular weight is 884 g/mol. The summed E-state index contributed by atoms with van der Waals surface area (Å²) in [5, 5.41) is 36.1. The number of amides is 1. The predicted octanol–water partition coefficient (Wildman–Crippen LogP) is 10.7. The zero-order valence-corrected chi connectivity index (χ0v) is 37.8. The van der Waals surface area contributed by atoms with Crippen molar-refractivity contribution in [2.45, 2.75) is 89.1 Å². The molecule has 2 N–H and O–H groups in total. The van der Waals surface area contributed by atoms with Crippen molar-refractivity contribution in [1.29, 1.82) is 0 Å². The third-order valence-electron chi connectivity index (χ3n) is 12.6. The highest BCUT2D eigenvalue weighted by atomic mass is 16.7. The van der Waals surface area contributed by atoms with Gasteiger partial charge in [0.25, 0.3) is 5.69 Å². The molecule has 1 saturated carbocycles. The lowest BCUT2D eigenvalue weighted by Crippen LogP contribution is -2.69. The van der Waals surface area contributed by atoms with E-state index < -0.39 is 28.3 Å². The Balaban J connectivity index is 1.36. The van der Waals surface area contributed by atoms with Crippen LogP contribution >= 0.6 is 0 Å². The van der Waals surface area contributed by atoms with Gasteiger partial charge in [-0.05, 0) is 129 Å². The number of hydrogen-bond donors (Lipinski definition) is 2. The molecule has 4 aromatic rings. The van der Waals surface area contributed by atoms with Gasteiger partial charge in [-0.15, -0.1) is 6.58 Å². The number of unbranched alkanes of at least 4 members (excludes halogenated alkanes) is 2. The molecule has 4 aromatic carbocycles. The number of benzene rings is 4. The summed E-state index contributed by atoms with van der Waals surface area (Å²) >= 11 is 0. The molecule has 3 aliphatic rings. The summed E-state index contributed by atoms with van der Waals surface area (Å²) in [4.78, 5) is 33.1. The molecule has 65 heavy (non-hydrogen) atoms. The minimum atomic E-state index is -1.43.